The summed E-state index contributed by atoms with van der Waals surface area (Å²) in [6, 6.07) is 4.70. The smallest absolute Gasteiger partial charge is 0.283 e. The lowest BCUT2D eigenvalue weighted by Crippen LogP contribution is -2.55. The molecule has 0 spiro atoms. The zero-order chi connectivity index (χ0) is 24.0. The van der Waals surface area contributed by atoms with Crippen LogP contribution in [-0.2, 0) is 14.8 Å². The quantitative estimate of drug-likeness (QED) is 0.599. The number of likely N-dealkylation sites (tertiary alicyclic amines) is 1. The number of alkyl halides is 4. The Hall–Kier alpha value is -2.20. The standard InChI is InChI=1S/C23H26F4N2O3S/c1-2-33(31,32)28-20-18(29(14-23(20,26)27)21(30)16-10-11-16)13-22(25)12-6-9-17(19(22)24)15-7-4-3-5-8-15/h3-9,12,16,18-20,28H,2,10-11,13-14H2,1H3/t18-,19?,20+,22?/m0/s1. The van der Waals surface area contributed by atoms with Crippen molar-refractivity contribution in [2.45, 2.75) is 56.0 Å². The lowest BCUT2D eigenvalue weighted by Gasteiger charge is -2.36. The van der Waals surface area contributed by atoms with Crippen LogP contribution in [0.2, 0.25) is 0 Å². The van der Waals surface area contributed by atoms with Gasteiger partial charge in [-0.2, -0.15) is 0 Å². The van der Waals surface area contributed by atoms with E-state index in [4.69, 9.17) is 0 Å². The Morgan fingerprint density at radius 2 is 1.85 bits per heavy atom. The summed E-state index contributed by atoms with van der Waals surface area (Å²) in [5.74, 6) is -5.11. The van der Waals surface area contributed by atoms with Crippen LogP contribution in [0.3, 0.4) is 0 Å². The normalized spacial score (nSPS) is 31.5. The summed E-state index contributed by atoms with van der Waals surface area (Å²) in [4.78, 5) is 13.6. The average Bonchev–Trinajstić information content (AvgIpc) is 3.59. The maximum absolute atomic E-state index is 16.1. The number of sulfonamides is 1. The topological polar surface area (TPSA) is 66.5 Å². The molecule has 1 N–H and O–H groups in total. The molecule has 5 nitrogen and oxygen atoms in total. The Balaban J connectivity index is 1.67. The minimum absolute atomic E-state index is 0.0520. The molecule has 4 atom stereocenters. The highest BCUT2D eigenvalue weighted by Gasteiger charge is 2.60. The van der Waals surface area contributed by atoms with Gasteiger partial charge in [0.2, 0.25) is 15.9 Å². The molecule has 10 heteroatoms. The molecular weight excluding hydrogens is 460 g/mol. The predicted octanol–water partition coefficient (Wildman–Crippen LogP) is 3.64. The fourth-order valence-electron chi connectivity index (χ4n) is 4.48. The van der Waals surface area contributed by atoms with Crippen molar-refractivity contribution in [1.29, 1.82) is 0 Å². The van der Waals surface area contributed by atoms with Gasteiger partial charge in [-0.05, 0) is 37.0 Å². The third-order valence-corrected chi connectivity index (χ3v) is 7.86. The summed E-state index contributed by atoms with van der Waals surface area (Å²) < 4.78 is 87.8. The molecule has 4 rings (SSSR count). The van der Waals surface area contributed by atoms with Crippen molar-refractivity contribution in [2.24, 2.45) is 5.92 Å². The van der Waals surface area contributed by atoms with E-state index in [0.717, 1.165) is 11.0 Å². The number of hydrogen-bond donors (Lipinski definition) is 1. The molecule has 1 saturated heterocycles. The van der Waals surface area contributed by atoms with Crippen LogP contribution in [0, 0.1) is 5.92 Å². The highest BCUT2D eigenvalue weighted by molar-refractivity contribution is 7.89. The zero-order valence-electron chi connectivity index (χ0n) is 18.1. The minimum Gasteiger partial charge on any atom is -0.331 e. The highest BCUT2D eigenvalue weighted by Crippen LogP contribution is 2.45. The van der Waals surface area contributed by atoms with Crippen molar-refractivity contribution in [3.63, 3.8) is 0 Å². The second kappa shape index (κ2) is 8.54. The number of nitrogens with one attached hydrogen (secondary N) is 1. The summed E-state index contributed by atoms with van der Waals surface area (Å²) in [5.41, 5.74) is -2.21. The summed E-state index contributed by atoms with van der Waals surface area (Å²) in [6.45, 7) is 0.245. The molecular formula is C23H26F4N2O3S. The molecule has 1 aromatic carbocycles. The Morgan fingerprint density at radius 3 is 2.45 bits per heavy atom. The molecule has 3 aliphatic rings. The van der Waals surface area contributed by atoms with Gasteiger partial charge in [-0.25, -0.2) is 30.7 Å². The maximum Gasteiger partial charge on any atom is 0.283 e. The van der Waals surface area contributed by atoms with Gasteiger partial charge in [-0.15, -0.1) is 0 Å². The number of nitrogens with zero attached hydrogens (tertiary/aromatic N) is 1. The number of allylic oxidation sites excluding steroid dienone is 4. The molecule has 0 bridgehead atoms. The summed E-state index contributed by atoms with van der Waals surface area (Å²) in [6.07, 6.45) is 1.79. The van der Waals surface area contributed by atoms with Gasteiger partial charge in [-0.3, -0.25) is 4.79 Å². The number of amides is 1. The van der Waals surface area contributed by atoms with Crippen LogP contribution in [0.4, 0.5) is 17.6 Å². The first kappa shape index (κ1) is 23.9. The Bertz CT molecular complexity index is 1070. The van der Waals surface area contributed by atoms with Crippen LogP contribution >= 0.6 is 0 Å². The molecule has 0 aromatic heterocycles. The van der Waals surface area contributed by atoms with E-state index >= 15 is 8.78 Å². The van der Waals surface area contributed by atoms with E-state index in [-0.39, 0.29) is 5.57 Å². The first-order valence-corrected chi connectivity index (χ1v) is 12.6. The van der Waals surface area contributed by atoms with Gasteiger partial charge in [0, 0.05) is 12.3 Å². The second-order valence-corrected chi connectivity index (χ2v) is 11.0. The van der Waals surface area contributed by atoms with Crippen molar-refractivity contribution >= 4 is 21.5 Å². The van der Waals surface area contributed by atoms with Gasteiger partial charge in [0.15, 0.2) is 11.8 Å². The molecule has 1 amide bonds. The lowest BCUT2D eigenvalue weighted by atomic mass is 9.80. The third kappa shape index (κ3) is 4.73. The number of hydrogen-bond acceptors (Lipinski definition) is 3. The third-order valence-electron chi connectivity index (χ3n) is 6.49. The summed E-state index contributed by atoms with van der Waals surface area (Å²) in [7, 11) is -4.10. The van der Waals surface area contributed by atoms with Crippen LogP contribution in [0.5, 0.6) is 0 Å². The van der Waals surface area contributed by atoms with Crippen LogP contribution in [0.1, 0.15) is 31.7 Å². The first-order valence-electron chi connectivity index (χ1n) is 10.9. The summed E-state index contributed by atoms with van der Waals surface area (Å²) in [5, 5.41) is 0. The largest absolute Gasteiger partial charge is 0.331 e. The van der Waals surface area contributed by atoms with E-state index < -0.39 is 70.4 Å². The van der Waals surface area contributed by atoms with Gasteiger partial charge in [0.1, 0.15) is 6.04 Å². The molecule has 33 heavy (non-hydrogen) atoms. The minimum atomic E-state index is -4.10. The van der Waals surface area contributed by atoms with Gasteiger partial charge < -0.3 is 4.90 Å². The molecule has 1 aromatic rings. The predicted molar refractivity (Wildman–Crippen MR) is 116 cm³/mol. The van der Waals surface area contributed by atoms with E-state index in [1.54, 1.807) is 30.3 Å². The highest BCUT2D eigenvalue weighted by atomic mass is 32.2. The van der Waals surface area contributed by atoms with Crippen LogP contribution in [0.25, 0.3) is 5.57 Å². The monoisotopic (exact) mass is 486 g/mol. The van der Waals surface area contributed by atoms with Crippen LogP contribution in [0.15, 0.2) is 48.6 Å². The number of carbonyl (C=O) groups excluding carboxylic acids is 1. The van der Waals surface area contributed by atoms with Gasteiger partial charge in [0.05, 0.1) is 18.3 Å². The van der Waals surface area contributed by atoms with Crippen molar-refractivity contribution in [2.75, 3.05) is 12.3 Å². The second-order valence-electron chi connectivity index (χ2n) is 8.91. The molecule has 2 unspecified atom stereocenters. The van der Waals surface area contributed by atoms with Crippen molar-refractivity contribution in [1.82, 2.24) is 9.62 Å². The fraction of sp³-hybridized carbons (Fsp3) is 0.522. The van der Waals surface area contributed by atoms with E-state index in [9.17, 15) is 22.0 Å². The van der Waals surface area contributed by atoms with Gasteiger partial charge >= 0.3 is 0 Å². The van der Waals surface area contributed by atoms with Crippen molar-refractivity contribution in [3.8, 4) is 0 Å². The Labute approximate surface area is 190 Å². The molecule has 2 fully saturated rings. The number of rotatable bonds is 7. The van der Waals surface area contributed by atoms with Crippen LogP contribution in [-0.4, -0.2) is 61.4 Å². The van der Waals surface area contributed by atoms with Crippen molar-refractivity contribution in [3.05, 3.63) is 54.1 Å². The molecule has 0 radical (unpaired) electrons. The number of halogens is 4. The molecule has 2 aliphatic carbocycles. The zero-order valence-corrected chi connectivity index (χ0v) is 18.9. The fourth-order valence-corrected chi connectivity index (χ4v) is 5.37. The SMILES string of the molecule is CCS(=O)(=O)N[C@@H]1[C@H](CC2(F)C=CC=C(c3ccccc3)C2F)N(C(=O)C2CC2)CC1(F)F. The Morgan fingerprint density at radius 1 is 1.18 bits per heavy atom. The first-order chi connectivity index (χ1) is 15.5. The summed E-state index contributed by atoms with van der Waals surface area (Å²) >= 11 is 0. The molecule has 1 heterocycles. The lowest BCUT2D eigenvalue weighted by molar-refractivity contribution is -0.135. The molecule has 180 valence electrons. The maximum atomic E-state index is 16.1. The van der Waals surface area contributed by atoms with Gasteiger partial charge in [-0.1, -0.05) is 42.5 Å². The van der Waals surface area contributed by atoms with Gasteiger partial charge in [0.25, 0.3) is 5.92 Å². The number of carbonyl (C=O) groups is 1. The molecule has 1 aliphatic heterocycles. The average molecular weight is 487 g/mol. The van der Waals surface area contributed by atoms with E-state index in [1.165, 1.54) is 19.1 Å². The van der Waals surface area contributed by atoms with E-state index in [1.807, 2.05) is 4.72 Å². The Kier molecular flexibility index (Phi) is 6.20. The molecule has 1 saturated carbocycles. The van der Waals surface area contributed by atoms with E-state index in [0.29, 0.717) is 18.4 Å². The number of benzene rings is 1. The van der Waals surface area contributed by atoms with Crippen molar-refractivity contribution < 1.29 is 30.8 Å². The van der Waals surface area contributed by atoms with E-state index in [2.05, 4.69) is 0 Å². The van der Waals surface area contributed by atoms with Crippen LogP contribution < -0.4 is 4.72 Å².